The van der Waals surface area contributed by atoms with Gasteiger partial charge in [0.1, 0.15) is 4.90 Å². The number of allylic oxidation sites excluding steroid dienone is 2. The van der Waals surface area contributed by atoms with Crippen LogP contribution in [0.4, 0.5) is 5.69 Å². The minimum Gasteiger partial charge on any atom is -0.867 e. The Balaban J connectivity index is 1.48. The van der Waals surface area contributed by atoms with Crippen LogP contribution in [0.25, 0.3) is 27.9 Å². The summed E-state index contributed by atoms with van der Waals surface area (Å²) in [6, 6.07) is 15.6. The second-order valence-electron chi connectivity index (χ2n) is 9.02. The molecule has 0 fully saturated rings. The lowest BCUT2D eigenvalue weighted by Crippen LogP contribution is -2.11. The quantitative estimate of drug-likeness (QED) is 0.105. The zero-order valence-electron chi connectivity index (χ0n) is 22.9. The fourth-order valence-corrected chi connectivity index (χ4v) is 5.24. The largest absolute Gasteiger partial charge is 0.867 e. The third-order valence-corrected chi connectivity index (χ3v) is 7.45. The van der Waals surface area contributed by atoms with Gasteiger partial charge in [0.15, 0.2) is 39.5 Å². The van der Waals surface area contributed by atoms with Crippen LogP contribution in [0, 0.1) is 5.39 Å². The molecular formula is C31H24N2O9S. The number of phenols is 1. The molecule has 0 bridgehead atoms. The molecule has 0 saturated carbocycles. The van der Waals surface area contributed by atoms with Crippen molar-refractivity contribution in [2.45, 2.75) is 11.3 Å². The van der Waals surface area contributed by atoms with E-state index in [0.717, 1.165) is 6.07 Å². The first-order valence-corrected chi connectivity index (χ1v) is 14.0. The molecule has 12 heteroatoms. The molecule has 4 aromatic carbocycles. The first kappa shape index (κ1) is 30.3. The van der Waals surface area contributed by atoms with E-state index in [1.54, 1.807) is 24.3 Å². The SMILES string of the molecule is COc1cc(C=CC(=O)CC(=O)C=Cc2ccc(OS(=O)(=O)c3cc([N+]#N)c([O-])c4ccccc34)c(OC)c2)ccc1O. The summed E-state index contributed by atoms with van der Waals surface area (Å²) in [6.07, 6.45) is 4.99. The van der Waals surface area contributed by atoms with E-state index in [9.17, 15) is 33.6 Å². The van der Waals surface area contributed by atoms with Gasteiger partial charge in [0.05, 0.1) is 26.7 Å². The maximum absolute atomic E-state index is 13.2. The summed E-state index contributed by atoms with van der Waals surface area (Å²) in [7, 11) is -1.83. The first-order valence-electron chi connectivity index (χ1n) is 12.6. The summed E-state index contributed by atoms with van der Waals surface area (Å²) >= 11 is 0. The number of diazo groups is 1. The highest BCUT2D eigenvalue weighted by Crippen LogP contribution is 2.39. The van der Waals surface area contributed by atoms with E-state index < -0.39 is 39.5 Å². The lowest BCUT2D eigenvalue weighted by molar-refractivity contribution is -0.264. The molecule has 4 rings (SSSR count). The van der Waals surface area contributed by atoms with Gasteiger partial charge in [0, 0.05) is 5.39 Å². The zero-order chi connectivity index (χ0) is 31.1. The Morgan fingerprint density at radius 3 is 2.05 bits per heavy atom. The molecule has 0 aromatic heterocycles. The average molecular weight is 601 g/mol. The van der Waals surface area contributed by atoms with E-state index in [2.05, 4.69) is 4.98 Å². The van der Waals surface area contributed by atoms with E-state index >= 15 is 0 Å². The molecule has 0 aliphatic rings. The molecule has 11 nitrogen and oxygen atoms in total. The number of fused-ring (bicyclic) bond motifs is 1. The Kier molecular flexibility index (Phi) is 9.08. The number of benzene rings is 4. The van der Waals surface area contributed by atoms with E-state index in [-0.39, 0.29) is 38.7 Å². The van der Waals surface area contributed by atoms with Crippen molar-refractivity contribution in [3.63, 3.8) is 0 Å². The Bertz CT molecular complexity index is 1940. The van der Waals surface area contributed by atoms with Gasteiger partial charge < -0.3 is 23.9 Å². The van der Waals surface area contributed by atoms with Crippen molar-refractivity contribution < 1.29 is 41.9 Å². The first-order chi connectivity index (χ1) is 20.6. The monoisotopic (exact) mass is 600 g/mol. The molecule has 1 N–H and O–H groups in total. The number of carbonyl (C=O) groups is 2. The van der Waals surface area contributed by atoms with Gasteiger partial charge in [-0.15, -0.1) is 0 Å². The third kappa shape index (κ3) is 6.98. The third-order valence-electron chi connectivity index (χ3n) is 6.18. The summed E-state index contributed by atoms with van der Waals surface area (Å²) in [5.41, 5.74) is 0.589. The fourth-order valence-electron chi connectivity index (χ4n) is 4.07. The summed E-state index contributed by atoms with van der Waals surface area (Å²) < 4.78 is 42.1. The van der Waals surface area contributed by atoms with E-state index in [0.29, 0.717) is 11.1 Å². The number of hydrogen-bond donors (Lipinski definition) is 1. The highest BCUT2D eigenvalue weighted by Gasteiger charge is 2.26. The second kappa shape index (κ2) is 12.9. The van der Waals surface area contributed by atoms with Gasteiger partial charge in [-0.25, -0.2) is 0 Å². The molecule has 218 valence electrons. The van der Waals surface area contributed by atoms with E-state index in [1.165, 1.54) is 74.9 Å². The van der Waals surface area contributed by atoms with Gasteiger partial charge in [-0.1, -0.05) is 48.6 Å². The minimum absolute atomic E-state index is 0.0262. The second-order valence-corrected chi connectivity index (χ2v) is 10.5. The van der Waals surface area contributed by atoms with Crippen molar-refractivity contribution in [3.05, 3.63) is 95.0 Å². The average Bonchev–Trinajstić information content (AvgIpc) is 3.00. The van der Waals surface area contributed by atoms with Crippen LogP contribution in [0.3, 0.4) is 0 Å². The minimum atomic E-state index is -4.53. The Morgan fingerprint density at radius 1 is 0.860 bits per heavy atom. The van der Waals surface area contributed by atoms with Crippen molar-refractivity contribution in [1.29, 1.82) is 5.39 Å². The van der Waals surface area contributed by atoms with Crippen molar-refractivity contribution >= 4 is 50.3 Å². The molecule has 0 unspecified atom stereocenters. The molecule has 0 aliphatic carbocycles. The molecule has 0 spiro atoms. The van der Waals surface area contributed by atoms with Crippen molar-refractivity contribution in [2.24, 2.45) is 0 Å². The predicted octanol–water partition coefficient (Wildman–Crippen LogP) is 5.14. The van der Waals surface area contributed by atoms with Crippen molar-refractivity contribution in [2.75, 3.05) is 14.2 Å². The van der Waals surface area contributed by atoms with Gasteiger partial charge in [-0.2, -0.15) is 8.42 Å². The van der Waals surface area contributed by atoms with Crippen LogP contribution in [-0.4, -0.2) is 39.3 Å². The molecule has 0 heterocycles. The smallest absolute Gasteiger partial charge is 0.379 e. The van der Waals surface area contributed by atoms with Gasteiger partial charge in [-0.3, -0.25) is 9.59 Å². The van der Waals surface area contributed by atoms with Crippen LogP contribution in [-0.2, 0) is 19.7 Å². The van der Waals surface area contributed by atoms with Crippen LogP contribution in [0.5, 0.6) is 28.7 Å². The normalized spacial score (nSPS) is 11.5. The number of carbonyl (C=O) groups excluding carboxylic acids is 2. The summed E-state index contributed by atoms with van der Waals surface area (Å²) in [6.45, 7) is 0. The van der Waals surface area contributed by atoms with Crippen molar-refractivity contribution in [3.8, 4) is 28.7 Å². The molecule has 43 heavy (non-hydrogen) atoms. The standard InChI is InChI=1S/C31H24N2O9S/c1-40-28-15-19(9-13-26(28)36)7-11-21(34)17-22(35)12-8-20-10-14-27(29(16-20)41-2)42-43(38,39)30-18-25(33-32)31(37)24-6-4-3-5-23(24)30/h3-16,18H,17H2,1-2H3,(H-,34,36,37). The number of phenolic OH excluding ortho intramolecular Hbond substituents is 1. The van der Waals surface area contributed by atoms with E-state index in [4.69, 9.17) is 13.7 Å². The molecule has 0 aliphatic heterocycles. The number of rotatable bonds is 11. The number of aromatic hydroxyl groups is 1. The van der Waals surface area contributed by atoms with Gasteiger partial charge >= 0.3 is 15.8 Å². The van der Waals surface area contributed by atoms with Crippen LogP contribution in [0.2, 0.25) is 0 Å². The maximum Gasteiger partial charge on any atom is 0.379 e. The zero-order valence-corrected chi connectivity index (χ0v) is 23.7. The molecule has 0 saturated heterocycles. The number of ketones is 2. The van der Waals surface area contributed by atoms with Crippen LogP contribution in [0.1, 0.15) is 17.5 Å². The number of nitrogens with zero attached hydrogens (tertiary/aromatic N) is 2. The Labute approximate surface area is 246 Å². The van der Waals surface area contributed by atoms with Crippen molar-refractivity contribution in [1.82, 2.24) is 0 Å². The fraction of sp³-hybridized carbons (Fsp3) is 0.0968. The summed E-state index contributed by atoms with van der Waals surface area (Å²) in [4.78, 5) is 27.1. The highest BCUT2D eigenvalue weighted by atomic mass is 32.2. The molecule has 0 radical (unpaired) electrons. The molecular weight excluding hydrogens is 576 g/mol. The topological polar surface area (TPSA) is 167 Å². The predicted molar refractivity (Wildman–Crippen MR) is 156 cm³/mol. The van der Waals surface area contributed by atoms with Gasteiger partial charge in [0.25, 0.3) is 0 Å². The number of ether oxygens (including phenoxy) is 2. The molecule has 0 amide bonds. The number of hydrogen-bond acceptors (Lipinski definition) is 10. The van der Waals surface area contributed by atoms with Gasteiger partial charge in [-0.05, 0) is 58.7 Å². The van der Waals surface area contributed by atoms with Crippen LogP contribution < -0.4 is 18.8 Å². The molecule has 4 aromatic rings. The Hall–Kier alpha value is -5.67. The Morgan fingerprint density at radius 2 is 1.44 bits per heavy atom. The summed E-state index contributed by atoms with van der Waals surface area (Å²) in [5, 5.41) is 31.4. The maximum atomic E-state index is 13.2. The highest BCUT2D eigenvalue weighted by molar-refractivity contribution is 7.87. The van der Waals surface area contributed by atoms with Gasteiger partial charge in [0.2, 0.25) is 5.39 Å². The lowest BCUT2D eigenvalue weighted by atomic mass is 10.1. The summed E-state index contributed by atoms with van der Waals surface area (Å²) in [5.74, 6) is -1.50. The molecule has 0 atom stereocenters. The van der Waals surface area contributed by atoms with E-state index in [1.807, 2.05) is 0 Å². The van der Waals surface area contributed by atoms with Crippen LogP contribution in [0.15, 0.2) is 83.8 Å². The van der Waals surface area contributed by atoms with Crippen LogP contribution >= 0.6 is 0 Å². The number of methoxy groups -OCH3 is 2. The lowest BCUT2D eigenvalue weighted by Gasteiger charge is -2.14.